The van der Waals surface area contributed by atoms with Gasteiger partial charge in [-0.1, -0.05) is 184 Å². The Labute approximate surface area is 383 Å². The van der Waals surface area contributed by atoms with Gasteiger partial charge >= 0.3 is 11.1 Å². The van der Waals surface area contributed by atoms with Crippen LogP contribution in [0.2, 0.25) is 0 Å². The standard InChI is InChI=1S/C54H72N4O4P2/c1-33(2)41-21-17-22-42(34(3)4)49(41)55-29-30-56(50-43(35(5)6)23-18-24-44(50)36(7)8)53(55)63(59,60)64(61,62)54-57(51-45(37(9)10)25-19-26-46(51)38(11)12)31-32-58(54)52-47(39(13)14)27-20-28-48(52)40(15)16/h17-40H,1-16H3. The number of hydrogen-bond acceptors (Lipinski definition) is 4. The van der Waals surface area contributed by atoms with Gasteiger partial charge in [0.1, 0.15) is 47.5 Å². The van der Waals surface area contributed by atoms with E-state index in [9.17, 15) is 0 Å². The van der Waals surface area contributed by atoms with Crippen LogP contribution in [0.4, 0.5) is 0 Å². The molecular formula is C54H72N4O4P2. The second kappa shape index (κ2) is 18.9. The SMILES string of the molecule is CC(C)c1cccc(C(C)C)c1-n1cc[n+](-c2c(C(C)C)cccc2C(C)C)c1P(=O)([O-])P(=O)([O-])c1n(-c2c(C(C)C)cccc2C(C)C)cc[n+]1-c1c(C(C)C)cccc1C(C)C. The zero-order valence-electron chi connectivity index (χ0n) is 41.2. The average molecular weight is 903 g/mol. The lowest BCUT2D eigenvalue weighted by atomic mass is 9.92. The van der Waals surface area contributed by atoms with Crippen LogP contribution >= 0.6 is 14.1 Å². The summed E-state index contributed by atoms with van der Waals surface area (Å²) in [5.41, 5.74) is 9.58. The molecule has 0 aliphatic carbocycles. The van der Waals surface area contributed by atoms with E-state index in [0.717, 1.165) is 44.5 Å². The smallest absolute Gasteiger partial charge is 0.317 e. The highest BCUT2D eigenvalue weighted by atomic mass is 32.1. The van der Waals surface area contributed by atoms with Crippen molar-refractivity contribution in [2.75, 3.05) is 0 Å². The third-order valence-corrected chi connectivity index (χ3v) is 18.5. The first kappa shape index (κ1) is 49.1. The molecule has 4 aromatic carbocycles. The lowest BCUT2D eigenvalue weighted by Gasteiger charge is -2.34. The van der Waals surface area contributed by atoms with Crippen molar-refractivity contribution in [3.8, 4) is 22.7 Å². The molecule has 0 amide bonds. The molecule has 64 heavy (non-hydrogen) atoms. The first-order chi connectivity index (χ1) is 30.0. The van der Waals surface area contributed by atoms with Crippen LogP contribution in [0.1, 0.15) is 203 Å². The van der Waals surface area contributed by atoms with E-state index in [1.807, 2.05) is 72.8 Å². The normalized spacial score (nSPS) is 14.3. The van der Waals surface area contributed by atoms with Crippen LogP contribution in [-0.4, -0.2) is 9.13 Å². The third-order valence-electron chi connectivity index (χ3n) is 12.8. The van der Waals surface area contributed by atoms with Gasteiger partial charge in [-0.2, -0.15) is 18.3 Å². The number of imidazole rings is 2. The number of nitrogens with zero attached hydrogens (tertiary/aromatic N) is 4. The maximum Gasteiger partial charge on any atom is 0.317 e. The van der Waals surface area contributed by atoms with Gasteiger partial charge < -0.3 is 18.9 Å². The Hall–Kier alpha value is -4.32. The highest BCUT2D eigenvalue weighted by Gasteiger charge is 2.49. The van der Waals surface area contributed by atoms with E-state index in [2.05, 4.69) is 111 Å². The Kier molecular flexibility index (Phi) is 14.5. The molecule has 342 valence electrons. The molecule has 0 radical (unpaired) electrons. The molecule has 10 heteroatoms. The molecule has 6 rings (SSSR count). The lowest BCUT2D eigenvalue weighted by molar-refractivity contribution is -0.579. The minimum atomic E-state index is -5.81. The lowest BCUT2D eigenvalue weighted by Crippen LogP contribution is -2.55. The maximum absolute atomic E-state index is 16.6. The molecule has 8 nitrogen and oxygen atoms in total. The summed E-state index contributed by atoms with van der Waals surface area (Å²) in [7, 11) is -11.6. The van der Waals surface area contributed by atoms with Crippen LogP contribution in [0.25, 0.3) is 22.7 Å². The predicted molar refractivity (Wildman–Crippen MR) is 262 cm³/mol. The topological polar surface area (TPSA) is 97.9 Å². The molecule has 0 aliphatic heterocycles. The van der Waals surface area contributed by atoms with Gasteiger partial charge in [-0.3, -0.25) is 0 Å². The zero-order chi connectivity index (χ0) is 47.3. The van der Waals surface area contributed by atoms with Crippen molar-refractivity contribution in [1.29, 1.82) is 0 Å². The first-order valence-corrected chi connectivity index (χ1v) is 27.3. The van der Waals surface area contributed by atoms with Crippen LogP contribution in [0.15, 0.2) is 97.6 Å². The van der Waals surface area contributed by atoms with Crippen LogP contribution in [0.5, 0.6) is 0 Å². The third kappa shape index (κ3) is 8.61. The fourth-order valence-corrected chi connectivity index (χ4v) is 14.2. The number of benzene rings is 4. The van der Waals surface area contributed by atoms with Crippen LogP contribution in [-0.2, 0) is 9.13 Å². The summed E-state index contributed by atoms with van der Waals surface area (Å²) in [6.07, 6.45) is 7.04. The minimum Gasteiger partial charge on any atom is -0.786 e. The van der Waals surface area contributed by atoms with Gasteiger partial charge in [-0.15, -0.1) is 0 Å². The zero-order valence-corrected chi connectivity index (χ0v) is 43.0. The van der Waals surface area contributed by atoms with E-state index in [-0.39, 0.29) is 58.5 Å². The van der Waals surface area contributed by atoms with Gasteiger partial charge in [0.25, 0.3) is 0 Å². The van der Waals surface area contributed by atoms with E-state index >= 15 is 18.9 Å². The molecule has 2 aromatic heterocycles. The quantitative estimate of drug-likeness (QED) is 0.0757. The largest absolute Gasteiger partial charge is 0.786 e. The summed E-state index contributed by atoms with van der Waals surface area (Å²) in [5.74, 6) is 0.000283. The number of aromatic nitrogens is 4. The molecule has 0 aliphatic rings. The Balaban J connectivity index is 1.88. The molecule has 0 spiro atoms. The molecule has 0 fully saturated rings. The second-order valence-electron chi connectivity index (χ2n) is 20.1. The monoisotopic (exact) mass is 903 g/mol. The number of rotatable bonds is 15. The van der Waals surface area contributed by atoms with Gasteiger partial charge in [0.15, 0.2) is 14.1 Å². The molecule has 0 saturated carbocycles. The fraction of sp³-hybridized carbons (Fsp3) is 0.444. The highest BCUT2D eigenvalue weighted by molar-refractivity contribution is 8.35. The van der Waals surface area contributed by atoms with Crippen molar-refractivity contribution in [2.24, 2.45) is 0 Å². The molecule has 2 atom stereocenters. The van der Waals surface area contributed by atoms with E-state index in [1.165, 1.54) is 0 Å². The van der Waals surface area contributed by atoms with Crippen LogP contribution < -0.4 is 30.1 Å². The Morgan fingerprint density at radius 3 is 0.781 bits per heavy atom. The molecule has 0 bridgehead atoms. The van der Waals surface area contributed by atoms with Crippen molar-refractivity contribution >= 4 is 25.2 Å². The fourth-order valence-electron chi connectivity index (χ4n) is 9.40. The minimum absolute atomic E-state index is 0.0000354. The second-order valence-corrected chi connectivity index (χ2v) is 26.1. The van der Waals surface area contributed by atoms with Crippen molar-refractivity contribution in [2.45, 2.75) is 158 Å². The summed E-state index contributed by atoms with van der Waals surface area (Å²) >= 11 is 0. The van der Waals surface area contributed by atoms with E-state index in [1.54, 1.807) is 43.1 Å². The van der Waals surface area contributed by atoms with Gasteiger partial charge in [0, 0.05) is 44.5 Å². The van der Waals surface area contributed by atoms with Crippen LogP contribution in [0, 0.1) is 0 Å². The Morgan fingerprint density at radius 1 is 0.375 bits per heavy atom. The summed E-state index contributed by atoms with van der Waals surface area (Å²) < 4.78 is 39.8. The summed E-state index contributed by atoms with van der Waals surface area (Å²) in [5, 5.41) is 0. The Morgan fingerprint density at radius 2 is 0.578 bits per heavy atom. The van der Waals surface area contributed by atoms with E-state index < -0.39 is 14.1 Å². The van der Waals surface area contributed by atoms with E-state index in [4.69, 9.17) is 0 Å². The summed E-state index contributed by atoms with van der Waals surface area (Å²) in [6.45, 7) is 33.4. The first-order valence-electron chi connectivity index (χ1n) is 23.4. The molecule has 0 saturated heterocycles. The molecule has 6 aromatic rings. The Bertz CT molecular complexity index is 2300. The number of hydrogen-bond donors (Lipinski definition) is 0. The van der Waals surface area contributed by atoms with Crippen molar-refractivity contribution in [1.82, 2.24) is 9.13 Å². The van der Waals surface area contributed by atoms with Crippen molar-refractivity contribution in [3.63, 3.8) is 0 Å². The molecule has 2 heterocycles. The summed E-state index contributed by atoms with van der Waals surface area (Å²) in [4.78, 5) is 33.1. The average Bonchev–Trinajstić information content (AvgIpc) is 3.88. The van der Waals surface area contributed by atoms with Crippen LogP contribution in [0.3, 0.4) is 0 Å². The van der Waals surface area contributed by atoms with Gasteiger partial charge in [0.2, 0.25) is 0 Å². The number of para-hydroxylation sites is 4. The predicted octanol–water partition coefficient (Wildman–Crippen LogP) is 12.0. The van der Waals surface area contributed by atoms with Crippen molar-refractivity contribution < 1.29 is 28.1 Å². The maximum atomic E-state index is 16.6. The molecule has 0 N–H and O–H groups in total. The van der Waals surface area contributed by atoms with Crippen molar-refractivity contribution in [3.05, 3.63) is 142 Å². The molecular weight excluding hydrogens is 831 g/mol. The highest BCUT2D eigenvalue weighted by Crippen LogP contribution is 2.69. The van der Waals surface area contributed by atoms with E-state index in [0.29, 0.717) is 22.7 Å². The van der Waals surface area contributed by atoms with Gasteiger partial charge in [-0.25, -0.2) is 0 Å². The van der Waals surface area contributed by atoms with Gasteiger partial charge in [0.05, 0.1) is 0 Å². The summed E-state index contributed by atoms with van der Waals surface area (Å²) in [6, 6.07) is 24.3. The van der Waals surface area contributed by atoms with Gasteiger partial charge in [-0.05, 0) is 47.3 Å². The molecule has 2 unspecified atom stereocenters.